The highest BCUT2D eigenvalue weighted by atomic mass is 16.3. The Morgan fingerprint density at radius 1 is 1.36 bits per heavy atom. The molecule has 0 bridgehead atoms. The summed E-state index contributed by atoms with van der Waals surface area (Å²) in [7, 11) is 4.25. The Balaban J connectivity index is 2.27. The third-order valence-electron chi connectivity index (χ3n) is 3.16. The highest BCUT2D eigenvalue weighted by Crippen LogP contribution is 2.29. The third kappa shape index (κ3) is 1.62. The zero-order valence-corrected chi connectivity index (χ0v) is 8.83. The Kier molecular flexibility index (Phi) is 2.46. The summed E-state index contributed by atoms with van der Waals surface area (Å²) in [4.78, 5) is 2.27. The minimum Gasteiger partial charge on any atom is -0.508 e. The number of rotatable bonds is 1. The van der Waals surface area contributed by atoms with Crippen LogP contribution in [-0.4, -0.2) is 30.1 Å². The number of phenolic OH excluding ortho intramolecular Hbond substituents is 1. The molecule has 1 aliphatic carbocycles. The maximum atomic E-state index is 9.67. The molecule has 2 heteroatoms. The van der Waals surface area contributed by atoms with Gasteiger partial charge in [-0.15, -0.1) is 0 Å². The summed E-state index contributed by atoms with van der Waals surface area (Å²) >= 11 is 0. The Hall–Kier alpha value is -1.02. The molecule has 0 amide bonds. The molecule has 0 spiro atoms. The van der Waals surface area contributed by atoms with Crippen molar-refractivity contribution in [2.24, 2.45) is 0 Å². The van der Waals surface area contributed by atoms with E-state index in [-0.39, 0.29) is 0 Å². The lowest BCUT2D eigenvalue weighted by atomic mass is 9.87. The quantitative estimate of drug-likeness (QED) is 0.731. The number of phenols is 1. The van der Waals surface area contributed by atoms with Gasteiger partial charge in [-0.05, 0) is 50.6 Å². The number of fused-ring (bicyclic) bond motifs is 1. The molecule has 0 aliphatic heterocycles. The molecule has 0 aromatic heterocycles. The van der Waals surface area contributed by atoms with Crippen LogP contribution < -0.4 is 0 Å². The van der Waals surface area contributed by atoms with E-state index in [1.165, 1.54) is 5.56 Å². The van der Waals surface area contributed by atoms with Gasteiger partial charge in [-0.3, -0.25) is 0 Å². The highest BCUT2D eigenvalue weighted by Gasteiger charge is 2.21. The molecule has 0 fully saturated rings. The summed E-state index contributed by atoms with van der Waals surface area (Å²) in [6, 6.07) is 6.48. The van der Waals surface area contributed by atoms with E-state index in [4.69, 9.17) is 0 Å². The minimum absolute atomic E-state index is 0.472. The molecule has 2 nitrogen and oxygen atoms in total. The molecule has 0 radical (unpaired) electrons. The minimum atomic E-state index is 0.472. The molecule has 1 N–H and O–H groups in total. The zero-order chi connectivity index (χ0) is 10.1. The van der Waals surface area contributed by atoms with Crippen LogP contribution in [0.15, 0.2) is 18.2 Å². The van der Waals surface area contributed by atoms with Crippen LogP contribution in [0.1, 0.15) is 17.5 Å². The van der Waals surface area contributed by atoms with Gasteiger partial charge in [-0.25, -0.2) is 0 Å². The van der Waals surface area contributed by atoms with E-state index in [2.05, 4.69) is 25.1 Å². The molecule has 1 unspecified atom stereocenters. The molecule has 1 aromatic carbocycles. The molecular weight excluding hydrogens is 174 g/mol. The maximum Gasteiger partial charge on any atom is 0.119 e. The predicted octanol–water partition coefficient (Wildman–Crippen LogP) is 1.81. The van der Waals surface area contributed by atoms with Crippen LogP contribution in [0.5, 0.6) is 5.75 Å². The summed E-state index contributed by atoms with van der Waals surface area (Å²) in [6.45, 7) is 0. The van der Waals surface area contributed by atoms with E-state index in [9.17, 15) is 5.11 Å². The summed E-state index contributed by atoms with van der Waals surface area (Å²) in [5.41, 5.74) is 2.47. The van der Waals surface area contributed by atoms with E-state index in [0.717, 1.165) is 24.8 Å². The van der Waals surface area contributed by atoms with Crippen molar-refractivity contribution in [1.82, 2.24) is 4.90 Å². The van der Waals surface area contributed by atoms with Crippen molar-refractivity contribution in [2.45, 2.75) is 25.3 Å². The van der Waals surface area contributed by atoms with Gasteiger partial charge < -0.3 is 10.0 Å². The standard InChI is InChI=1S/C12H17NO/c1-13(2)10-6-7-11-9(8-10)4-3-5-12(11)14/h3-5,10,14H,6-8H2,1-2H3. The van der Waals surface area contributed by atoms with Crippen molar-refractivity contribution < 1.29 is 5.11 Å². The molecule has 1 aromatic rings. The summed E-state index contributed by atoms with van der Waals surface area (Å²) in [5, 5.41) is 9.67. The van der Waals surface area contributed by atoms with Gasteiger partial charge in [0.15, 0.2) is 0 Å². The van der Waals surface area contributed by atoms with Crippen molar-refractivity contribution in [3.63, 3.8) is 0 Å². The van der Waals surface area contributed by atoms with Crippen LogP contribution in [0.2, 0.25) is 0 Å². The van der Waals surface area contributed by atoms with Crippen LogP contribution in [-0.2, 0) is 12.8 Å². The van der Waals surface area contributed by atoms with Crippen LogP contribution in [0.3, 0.4) is 0 Å². The lowest BCUT2D eigenvalue weighted by molar-refractivity contribution is 0.266. The highest BCUT2D eigenvalue weighted by molar-refractivity contribution is 5.41. The van der Waals surface area contributed by atoms with Gasteiger partial charge in [0.2, 0.25) is 0 Å². The van der Waals surface area contributed by atoms with Crippen molar-refractivity contribution in [1.29, 1.82) is 0 Å². The lowest BCUT2D eigenvalue weighted by Gasteiger charge is -2.30. The largest absolute Gasteiger partial charge is 0.508 e. The summed E-state index contributed by atoms with van der Waals surface area (Å²) < 4.78 is 0. The second-order valence-electron chi connectivity index (χ2n) is 4.28. The van der Waals surface area contributed by atoms with Crippen LogP contribution in [0, 0.1) is 0 Å². The fourth-order valence-electron chi connectivity index (χ4n) is 2.21. The second kappa shape index (κ2) is 3.62. The van der Waals surface area contributed by atoms with Crippen molar-refractivity contribution in [2.75, 3.05) is 14.1 Å². The van der Waals surface area contributed by atoms with Crippen LogP contribution >= 0.6 is 0 Å². The average molecular weight is 191 g/mol. The summed E-state index contributed by atoms with van der Waals surface area (Å²) in [6.07, 6.45) is 3.22. The monoisotopic (exact) mass is 191 g/mol. The Bertz CT molecular complexity index is 333. The molecule has 0 heterocycles. The Morgan fingerprint density at radius 2 is 2.14 bits per heavy atom. The van der Waals surface area contributed by atoms with E-state index >= 15 is 0 Å². The SMILES string of the molecule is CN(C)C1CCc2c(O)cccc2C1. The van der Waals surface area contributed by atoms with E-state index in [1.54, 1.807) is 6.07 Å². The number of benzene rings is 1. The van der Waals surface area contributed by atoms with Crippen molar-refractivity contribution in [3.05, 3.63) is 29.3 Å². The fraction of sp³-hybridized carbons (Fsp3) is 0.500. The molecule has 2 rings (SSSR count). The van der Waals surface area contributed by atoms with Gasteiger partial charge in [0.05, 0.1) is 0 Å². The zero-order valence-electron chi connectivity index (χ0n) is 8.83. The normalized spacial score (nSPS) is 20.9. The molecule has 1 atom stereocenters. The lowest BCUT2D eigenvalue weighted by Crippen LogP contribution is -2.33. The first-order chi connectivity index (χ1) is 6.68. The smallest absolute Gasteiger partial charge is 0.119 e. The first-order valence-electron chi connectivity index (χ1n) is 5.14. The molecular formula is C12H17NO. The molecule has 14 heavy (non-hydrogen) atoms. The maximum absolute atomic E-state index is 9.67. The van der Waals surface area contributed by atoms with Crippen molar-refractivity contribution >= 4 is 0 Å². The van der Waals surface area contributed by atoms with Gasteiger partial charge in [-0.1, -0.05) is 12.1 Å². The number of hydrogen-bond acceptors (Lipinski definition) is 2. The van der Waals surface area contributed by atoms with Gasteiger partial charge in [0.1, 0.15) is 5.75 Å². The fourth-order valence-corrected chi connectivity index (χ4v) is 2.21. The number of hydrogen-bond donors (Lipinski definition) is 1. The summed E-state index contributed by atoms with van der Waals surface area (Å²) in [5.74, 6) is 0.472. The topological polar surface area (TPSA) is 23.5 Å². The number of aromatic hydroxyl groups is 1. The third-order valence-corrected chi connectivity index (χ3v) is 3.16. The van der Waals surface area contributed by atoms with Crippen LogP contribution in [0.25, 0.3) is 0 Å². The van der Waals surface area contributed by atoms with E-state index in [1.807, 2.05) is 6.07 Å². The van der Waals surface area contributed by atoms with Crippen LogP contribution in [0.4, 0.5) is 0 Å². The van der Waals surface area contributed by atoms with Gasteiger partial charge >= 0.3 is 0 Å². The van der Waals surface area contributed by atoms with E-state index < -0.39 is 0 Å². The van der Waals surface area contributed by atoms with E-state index in [0.29, 0.717) is 11.8 Å². The Labute approximate surface area is 85.2 Å². The number of likely N-dealkylation sites (N-methyl/N-ethyl adjacent to an activating group) is 1. The Morgan fingerprint density at radius 3 is 2.86 bits per heavy atom. The average Bonchev–Trinajstić information content (AvgIpc) is 2.17. The van der Waals surface area contributed by atoms with Crippen molar-refractivity contribution in [3.8, 4) is 5.75 Å². The molecule has 0 saturated heterocycles. The second-order valence-corrected chi connectivity index (χ2v) is 4.28. The first kappa shape index (κ1) is 9.53. The van der Waals surface area contributed by atoms with Gasteiger partial charge in [0, 0.05) is 6.04 Å². The molecule has 1 aliphatic rings. The number of nitrogens with zero attached hydrogens (tertiary/aromatic N) is 1. The molecule has 0 saturated carbocycles. The van der Waals surface area contributed by atoms with Gasteiger partial charge in [-0.2, -0.15) is 0 Å². The molecule has 76 valence electrons. The predicted molar refractivity (Wildman–Crippen MR) is 57.6 cm³/mol. The first-order valence-corrected chi connectivity index (χ1v) is 5.14. The van der Waals surface area contributed by atoms with Gasteiger partial charge in [0.25, 0.3) is 0 Å².